The molecule has 0 radical (unpaired) electrons. The summed E-state index contributed by atoms with van der Waals surface area (Å²) in [4.78, 5) is 0. The molecular formula is C40H25N. The van der Waals surface area contributed by atoms with Gasteiger partial charge in [0.15, 0.2) is 0 Å². The first-order valence-electron chi connectivity index (χ1n) is 14.2. The highest BCUT2D eigenvalue weighted by Crippen LogP contribution is 2.40. The Balaban J connectivity index is 1.28. The van der Waals surface area contributed by atoms with E-state index in [1.165, 1.54) is 81.7 Å². The number of benzene rings is 8. The molecule has 0 saturated carbocycles. The third-order valence-corrected chi connectivity index (χ3v) is 8.72. The van der Waals surface area contributed by atoms with Crippen LogP contribution < -0.4 is 0 Å². The lowest BCUT2D eigenvalue weighted by Crippen LogP contribution is -1.93. The zero-order valence-electron chi connectivity index (χ0n) is 22.4. The molecule has 0 saturated heterocycles. The van der Waals surface area contributed by atoms with E-state index in [0.717, 1.165) is 0 Å². The van der Waals surface area contributed by atoms with Crippen molar-refractivity contribution in [3.63, 3.8) is 0 Å². The lowest BCUT2D eigenvalue weighted by atomic mass is 9.89. The van der Waals surface area contributed by atoms with Crippen LogP contribution in [0.1, 0.15) is 0 Å². The highest BCUT2D eigenvalue weighted by Gasteiger charge is 2.14. The van der Waals surface area contributed by atoms with Crippen molar-refractivity contribution in [3.8, 4) is 16.8 Å². The molecule has 1 heterocycles. The van der Waals surface area contributed by atoms with Crippen LogP contribution >= 0.6 is 0 Å². The van der Waals surface area contributed by atoms with Crippen molar-refractivity contribution in [2.75, 3.05) is 0 Å². The Hall–Kier alpha value is -5.40. The van der Waals surface area contributed by atoms with Gasteiger partial charge in [-0.2, -0.15) is 0 Å². The normalized spacial score (nSPS) is 11.9. The average molecular weight is 520 g/mol. The van der Waals surface area contributed by atoms with Crippen LogP contribution in [-0.4, -0.2) is 4.57 Å². The minimum Gasteiger partial charge on any atom is -0.309 e. The van der Waals surface area contributed by atoms with Gasteiger partial charge in [0, 0.05) is 16.5 Å². The van der Waals surface area contributed by atoms with Gasteiger partial charge in [-0.1, -0.05) is 115 Å². The van der Waals surface area contributed by atoms with Crippen LogP contribution in [0.5, 0.6) is 0 Å². The van der Waals surface area contributed by atoms with Gasteiger partial charge in [-0.25, -0.2) is 0 Å². The monoisotopic (exact) mass is 519 g/mol. The van der Waals surface area contributed by atoms with E-state index in [1.54, 1.807) is 0 Å². The molecule has 0 amide bonds. The van der Waals surface area contributed by atoms with Gasteiger partial charge in [0.2, 0.25) is 0 Å². The number of hydrogen-bond acceptors (Lipinski definition) is 0. The van der Waals surface area contributed by atoms with Crippen LogP contribution in [0.3, 0.4) is 0 Å². The number of para-hydroxylation sites is 2. The van der Waals surface area contributed by atoms with Gasteiger partial charge in [-0.15, -0.1) is 0 Å². The Labute approximate surface area is 237 Å². The summed E-state index contributed by atoms with van der Waals surface area (Å²) in [6, 6.07) is 55.6. The lowest BCUT2D eigenvalue weighted by Gasteiger charge is -2.15. The number of fused-ring (bicyclic) bond motifs is 8. The zero-order chi connectivity index (χ0) is 26.9. The van der Waals surface area contributed by atoms with E-state index >= 15 is 0 Å². The van der Waals surface area contributed by atoms with Crippen molar-refractivity contribution < 1.29 is 0 Å². The predicted molar refractivity (Wildman–Crippen MR) is 176 cm³/mol. The van der Waals surface area contributed by atoms with Crippen LogP contribution in [0, 0.1) is 0 Å². The van der Waals surface area contributed by atoms with E-state index in [0.29, 0.717) is 0 Å². The van der Waals surface area contributed by atoms with Crippen molar-refractivity contribution in [3.05, 3.63) is 152 Å². The quantitative estimate of drug-likeness (QED) is 0.158. The fraction of sp³-hybridized carbons (Fsp3) is 0. The molecule has 0 atom stereocenters. The molecule has 9 aromatic rings. The van der Waals surface area contributed by atoms with Crippen LogP contribution in [0.4, 0.5) is 0 Å². The highest BCUT2D eigenvalue weighted by molar-refractivity contribution is 6.20. The third kappa shape index (κ3) is 3.30. The molecule has 9 rings (SSSR count). The standard InChI is InChI=1S/C40H25N/c1-3-11-32-26(9-1)20-22-36-37(32)25-29-10-2-4-12-33(29)40(36)30-18-17-28-24-31(21-19-27(28)23-30)41-38-15-7-5-13-34(38)35-14-6-8-16-39(35)41/h1-25H. The summed E-state index contributed by atoms with van der Waals surface area (Å²) in [5.41, 5.74) is 6.21. The maximum absolute atomic E-state index is 2.39. The first kappa shape index (κ1) is 22.4. The summed E-state index contributed by atoms with van der Waals surface area (Å²) in [5.74, 6) is 0. The van der Waals surface area contributed by atoms with Gasteiger partial charge in [0.05, 0.1) is 11.0 Å². The Kier molecular flexibility index (Phi) is 4.67. The van der Waals surface area contributed by atoms with Gasteiger partial charge < -0.3 is 4.57 Å². The van der Waals surface area contributed by atoms with Crippen molar-refractivity contribution >= 4 is 64.9 Å². The molecule has 0 aliphatic heterocycles. The molecular weight excluding hydrogens is 494 g/mol. The Morgan fingerprint density at radius 2 is 0.902 bits per heavy atom. The lowest BCUT2D eigenvalue weighted by molar-refractivity contribution is 1.19. The fourth-order valence-corrected chi connectivity index (χ4v) is 6.86. The number of rotatable bonds is 2. The van der Waals surface area contributed by atoms with Gasteiger partial charge >= 0.3 is 0 Å². The predicted octanol–water partition coefficient (Wildman–Crippen LogP) is 11.1. The highest BCUT2D eigenvalue weighted by atomic mass is 15.0. The molecule has 1 heteroatoms. The van der Waals surface area contributed by atoms with Gasteiger partial charge in [-0.3, -0.25) is 0 Å². The minimum atomic E-state index is 1.18. The van der Waals surface area contributed by atoms with Gasteiger partial charge in [0.1, 0.15) is 0 Å². The van der Waals surface area contributed by atoms with Gasteiger partial charge in [0.25, 0.3) is 0 Å². The van der Waals surface area contributed by atoms with E-state index in [4.69, 9.17) is 0 Å². The molecule has 190 valence electrons. The number of aromatic nitrogens is 1. The molecule has 1 nitrogen and oxygen atoms in total. The molecule has 8 aromatic carbocycles. The second kappa shape index (κ2) is 8.55. The van der Waals surface area contributed by atoms with Crippen LogP contribution in [0.2, 0.25) is 0 Å². The summed E-state index contributed by atoms with van der Waals surface area (Å²) in [7, 11) is 0. The van der Waals surface area contributed by atoms with E-state index in [1.807, 2.05) is 0 Å². The largest absolute Gasteiger partial charge is 0.309 e. The molecule has 0 N–H and O–H groups in total. The molecule has 0 fully saturated rings. The molecule has 0 aliphatic carbocycles. The first-order chi connectivity index (χ1) is 20.3. The maximum atomic E-state index is 2.39. The molecule has 0 unspecified atom stereocenters. The van der Waals surface area contributed by atoms with Crippen LogP contribution in [0.25, 0.3) is 81.7 Å². The summed E-state index contributed by atoms with van der Waals surface area (Å²) < 4.78 is 2.39. The molecule has 0 bridgehead atoms. The summed E-state index contributed by atoms with van der Waals surface area (Å²) in [5, 5.41) is 12.8. The van der Waals surface area contributed by atoms with Crippen molar-refractivity contribution in [2.24, 2.45) is 0 Å². The minimum absolute atomic E-state index is 1.18. The second-order valence-electron chi connectivity index (χ2n) is 11.0. The topological polar surface area (TPSA) is 4.93 Å². The van der Waals surface area contributed by atoms with E-state index < -0.39 is 0 Å². The third-order valence-electron chi connectivity index (χ3n) is 8.72. The Bertz CT molecular complexity index is 2420. The number of hydrogen-bond donors (Lipinski definition) is 0. The summed E-state index contributed by atoms with van der Waals surface area (Å²) in [6.07, 6.45) is 0. The van der Waals surface area contributed by atoms with Crippen molar-refractivity contribution in [2.45, 2.75) is 0 Å². The fourth-order valence-electron chi connectivity index (χ4n) is 6.86. The van der Waals surface area contributed by atoms with E-state index in [-0.39, 0.29) is 0 Å². The maximum Gasteiger partial charge on any atom is 0.0541 e. The zero-order valence-corrected chi connectivity index (χ0v) is 22.4. The first-order valence-corrected chi connectivity index (χ1v) is 14.2. The van der Waals surface area contributed by atoms with E-state index in [9.17, 15) is 0 Å². The van der Waals surface area contributed by atoms with Crippen molar-refractivity contribution in [1.29, 1.82) is 0 Å². The molecule has 1 aromatic heterocycles. The molecule has 0 aliphatic rings. The smallest absolute Gasteiger partial charge is 0.0541 e. The summed E-state index contributed by atoms with van der Waals surface area (Å²) >= 11 is 0. The molecule has 41 heavy (non-hydrogen) atoms. The average Bonchev–Trinajstić information content (AvgIpc) is 3.37. The Morgan fingerprint density at radius 1 is 0.317 bits per heavy atom. The van der Waals surface area contributed by atoms with Crippen LogP contribution in [0.15, 0.2) is 152 Å². The number of nitrogens with zero attached hydrogens (tertiary/aromatic N) is 1. The summed E-state index contributed by atoms with van der Waals surface area (Å²) in [6.45, 7) is 0. The van der Waals surface area contributed by atoms with Crippen LogP contribution in [-0.2, 0) is 0 Å². The van der Waals surface area contributed by atoms with Gasteiger partial charge in [-0.05, 0) is 90.6 Å². The second-order valence-corrected chi connectivity index (χ2v) is 11.0. The molecule has 0 spiro atoms. The Morgan fingerprint density at radius 3 is 1.68 bits per heavy atom. The SMILES string of the molecule is c1ccc2c(-c3ccc4cc(-n5c6ccccc6c6ccccc65)ccc4c3)c3ccc4ccccc4c3cc2c1. The van der Waals surface area contributed by atoms with Crippen molar-refractivity contribution in [1.82, 2.24) is 4.57 Å². The van der Waals surface area contributed by atoms with E-state index in [2.05, 4.69) is 156 Å².